The average molecular weight is 439 g/mol. The van der Waals surface area contributed by atoms with Gasteiger partial charge in [0, 0.05) is 5.56 Å². The van der Waals surface area contributed by atoms with Gasteiger partial charge in [0.15, 0.2) is 5.82 Å². The Morgan fingerprint density at radius 1 is 1.11 bits per heavy atom. The fourth-order valence-corrected chi connectivity index (χ4v) is 5.09. The second-order valence-corrected chi connectivity index (χ2v) is 8.22. The zero-order chi connectivity index (χ0) is 13.6. The second kappa shape index (κ2) is 5.30. The molecular weight excluding hydrogens is 435 g/mol. The van der Waals surface area contributed by atoms with Gasteiger partial charge in [0.2, 0.25) is 0 Å². The Morgan fingerprint density at radius 3 is 2.58 bits per heavy atom. The molecule has 0 amide bonds. The highest BCUT2D eigenvalue weighted by atomic mass is 79.9. The number of rotatable bonds is 1. The first kappa shape index (κ1) is 13.8. The number of hydrogen-bond donors (Lipinski definition) is 0. The maximum Gasteiger partial charge on any atom is 0.163 e. The van der Waals surface area contributed by atoms with Crippen molar-refractivity contribution in [2.24, 2.45) is 0 Å². The van der Waals surface area contributed by atoms with Crippen LogP contribution in [-0.2, 0) is 0 Å². The molecule has 0 unspecified atom stereocenters. The Morgan fingerprint density at radius 2 is 1.89 bits per heavy atom. The van der Waals surface area contributed by atoms with E-state index in [4.69, 9.17) is 23.2 Å². The molecule has 0 N–H and O–H groups in total. The fraction of sp³-hybridized carbons (Fsp3) is 0. The lowest BCUT2D eigenvalue weighted by molar-refractivity contribution is 1.23. The minimum absolute atomic E-state index is 0.361. The molecule has 2 aromatic heterocycles. The first-order valence-electron chi connectivity index (χ1n) is 5.13. The Kier molecular flexibility index (Phi) is 3.84. The van der Waals surface area contributed by atoms with Crippen molar-refractivity contribution in [1.29, 1.82) is 0 Å². The molecule has 0 radical (unpaired) electrons. The fourth-order valence-electron chi connectivity index (χ4n) is 1.71. The molecular formula is C12H4Br2Cl2N2S. The third-order valence-electron chi connectivity index (χ3n) is 2.53. The van der Waals surface area contributed by atoms with Gasteiger partial charge >= 0.3 is 0 Å². The predicted octanol–water partition coefficient (Wildman–Crippen LogP) is 6.19. The summed E-state index contributed by atoms with van der Waals surface area (Å²) in [5, 5.41) is 1.60. The highest BCUT2D eigenvalue weighted by Gasteiger charge is 2.14. The Balaban J connectivity index is 2.30. The summed E-state index contributed by atoms with van der Waals surface area (Å²) in [5.41, 5.74) is 1.64. The molecule has 2 nitrogen and oxygen atoms in total. The summed E-state index contributed by atoms with van der Waals surface area (Å²) >= 11 is 20.8. The number of halogens is 4. The molecule has 0 saturated heterocycles. The minimum Gasteiger partial charge on any atom is -0.228 e. The Bertz CT molecular complexity index is 789. The quantitative estimate of drug-likeness (QED) is 0.423. The molecule has 96 valence electrons. The summed E-state index contributed by atoms with van der Waals surface area (Å²) in [6, 6.07) is 7.44. The topological polar surface area (TPSA) is 25.8 Å². The van der Waals surface area contributed by atoms with Crippen molar-refractivity contribution in [1.82, 2.24) is 9.97 Å². The second-order valence-electron chi connectivity index (χ2n) is 3.71. The lowest BCUT2D eigenvalue weighted by Gasteiger charge is -2.05. The third kappa shape index (κ3) is 2.54. The first-order valence-corrected chi connectivity index (χ1v) is 8.29. The van der Waals surface area contributed by atoms with Crippen LogP contribution in [0.2, 0.25) is 10.2 Å². The molecule has 3 aromatic rings. The predicted molar refractivity (Wildman–Crippen MR) is 88.3 cm³/mol. The van der Waals surface area contributed by atoms with Crippen molar-refractivity contribution in [3.05, 3.63) is 42.0 Å². The molecule has 1 aromatic carbocycles. The van der Waals surface area contributed by atoms with E-state index in [1.807, 2.05) is 18.2 Å². The maximum atomic E-state index is 6.22. The summed E-state index contributed by atoms with van der Waals surface area (Å²) < 4.78 is 1.96. The number of fused-ring (bicyclic) bond motifs is 1. The smallest absolute Gasteiger partial charge is 0.163 e. The van der Waals surface area contributed by atoms with Gasteiger partial charge in [0.25, 0.3) is 0 Å². The van der Waals surface area contributed by atoms with Gasteiger partial charge in [-0.05, 0) is 50.1 Å². The molecule has 2 heterocycles. The van der Waals surface area contributed by atoms with E-state index in [0.717, 1.165) is 18.7 Å². The molecule has 0 fully saturated rings. The third-order valence-corrected chi connectivity index (χ3v) is 5.45. The molecule has 0 aliphatic carbocycles. The van der Waals surface area contributed by atoms with Crippen LogP contribution in [0.15, 0.2) is 31.8 Å². The van der Waals surface area contributed by atoms with Gasteiger partial charge < -0.3 is 0 Å². The average Bonchev–Trinajstić information content (AvgIpc) is 2.68. The molecule has 0 saturated carbocycles. The van der Waals surface area contributed by atoms with E-state index >= 15 is 0 Å². The number of aromatic nitrogens is 2. The Hall–Kier alpha value is -0.200. The van der Waals surface area contributed by atoms with E-state index in [2.05, 4.69) is 41.8 Å². The first-order chi connectivity index (χ1) is 9.06. The van der Waals surface area contributed by atoms with Crippen molar-refractivity contribution < 1.29 is 0 Å². The molecule has 0 bridgehead atoms. The van der Waals surface area contributed by atoms with Crippen LogP contribution in [0.5, 0.6) is 0 Å². The van der Waals surface area contributed by atoms with Gasteiger partial charge in [-0.2, -0.15) is 0 Å². The van der Waals surface area contributed by atoms with E-state index in [9.17, 15) is 0 Å². The zero-order valence-corrected chi connectivity index (χ0v) is 14.6. The number of thiophene rings is 1. The van der Waals surface area contributed by atoms with Crippen LogP contribution in [0.1, 0.15) is 0 Å². The van der Waals surface area contributed by atoms with E-state index in [1.165, 1.54) is 0 Å². The monoisotopic (exact) mass is 436 g/mol. The molecule has 0 spiro atoms. The van der Waals surface area contributed by atoms with Gasteiger partial charge in [-0.15, -0.1) is 11.3 Å². The zero-order valence-electron chi connectivity index (χ0n) is 9.12. The number of nitrogens with zero attached hydrogens (tertiary/aromatic N) is 2. The van der Waals surface area contributed by atoms with Gasteiger partial charge in [-0.25, -0.2) is 9.97 Å². The van der Waals surface area contributed by atoms with Crippen molar-refractivity contribution in [2.45, 2.75) is 0 Å². The summed E-state index contributed by atoms with van der Waals surface area (Å²) in [5.74, 6) is 0.577. The van der Waals surface area contributed by atoms with E-state index in [1.54, 1.807) is 17.4 Å². The Labute approximate surface area is 140 Å². The molecule has 0 aliphatic rings. The number of hydrogen-bond acceptors (Lipinski definition) is 3. The van der Waals surface area contributed by atoms with Gasteiger partial charge in [-0.1, -0.05) is 29.3 Å². The lowest BCUT2D eigenvalue weighted by atomic mass is 10.2. The van der Waals surface area contributed by atoms with Gasteiger partial charge in [-0.3, -0.25) is 0 Å². The molecule has 19 heavy (non-hydrogen) atoms. The van der Waals surface area contributed by atoms with Crippen LogP contribution in [0.3, 0.4) is 0 Å². The van der Waals surface area contributed by atoms with Crippen LogP contribution >= 0.6 is 66.4 Å². The molecule has 3 rings (SSSR count). The highest BCUT2D eigenvalue weighted by Crippen LogP contribution is 2.38. The molecule has 7 heteroatoms. The summed E-state index contributed by atoms with van der Waals surface area (Å²) in [7, 11) is 0. The largest absolute Gasteiger partial charge is 0.228 e. The van der Waals surface area contributed by atoms with Crippen LogP contribution in [0, 0.1) is 0 Å². The molecule has 0 aliphatic heterocycles. The van der Waals surface area contributed by atoms with Crippen LogP contribution in [0.25, 0.3) is 22.3 Å². The van der Waals surface area contributed by atoms with Crippen molar-refractivity contribution >= 4 is 77.3 Å². The van der Waals surface area contributed by atoms with E-state index in [-0.39, 0.29) is 0 Å². The van der Waals surface area contributed by atoms with Crippen molar-refractivity contribution in [3.8, 4) is 11.4 Å². The lowest BCUT2D eigenvalue weighted by Crippen LogP contribution is -1.91. The highest BCUT2D eigenvalue weighted by molar-refractivity contribution is 9.12. The maximum absolute atomic E-state index is 6.22. The summed E-state index contributed by atoms with van der Waals surface area (Å²) in [4.78, 5) is 8.85. The normalized spacial score (nSPS) is 11.2. The summed E-state index contributed by atoms with van der Waals surface area (Å²) in [6.07, 6.45) is 0. The van der Waals surface area contributed by atoms with Gasteiger partial charge in [0.05, 0.1) is 23.5 Å². The van der Waals surface area contributed by atoms with Crippen molar-refractivity contribution in [2.75, 3.05) is 0 Å². The standard InChI is InChI=1S/C12H4Br2Cl2N2S/c13-8-4-5(10(14)19-8)12-17-7-3-1-2-6(15)9(7)11(16)18-12/h1-4H. The SMILES string of the molecule is Clc1cccc2nc(-c3cc(Br)sc3Br)nc(Cl)c12. The van der Waals surface area contributed by atoms with Gasteiger partial charge in [0.1, 0.15) is 5.15 Å². The van der Waals surface area contributed by atoms with Crippen LogP contribution in [-0.4, -0.2) is 9.97 Å². The van der Waals surface area contributed by atoms with Crippen molar-refractivity contribution in [3.63, 3.8) is 0 Å². The van der Waals surface area contributed by atoms with E-state index < -0.39 is 0 Å². The minimum atomic E-state index is 0.361. The van der Waals surface area contributed by atoms with E-state index in [0.29, 0.717) is 21.4 Å². The molecule has 0 atom stereocenters. The van der Waals surface area contributed by atoms with Crippen LogP contribution in [0.4, 0.5) is 0 Å². The number of benzene rings is 1. The summed E-state index contributed by atoms with van der Waals surface area (Å²) in [6.45, 7) is 0. The van der Waals surface area contributed by atoms with Crippen LogP contribution < -0.4 is 0 Å².